The molecular formula is C14H18N4OS. The largest absolute Gasteiger partial charge is 0.345 e. The van der Waals surface area contributed by atoms with Crippen molar-refractivity contribution in [1.29, 1.82) is 0 Å². The van der Waals surface area contributed by atoms with Crippen LogP contribution in [0, 0.1) is 0 Å². The third kappa shape index (κ3) is 2.60. The van der Waals surface area contributed by atoms with Crippen molar-refractivity contribution in [3.8, 4) is 0 Å². The van der Waals surface area contributed by atoms with Crippen molar-refractivity contribution in [3.05, 3.63) is 34.3 Å². The third-order valence-corrected chi connectivity index (χ3v) is 4.44. The summed E-state index contributed by atoms with van der Waals surface area (Å²) in [5.74, 6) is 1.40. The van der Waals surface area contributed by atoms with Crippen molar-refractivity contribution < 1.29 is 4.79 Å². The van der Waals surface area contributed by atoms with Crippen LogP contribution in [0.3, 0.4) is 0 Å². The standard InChI is InChI=1S/C14H18N4OS/c1-9(2)11-8-20-14(17-11)13(19)16-10-3-4-12-15-5-6-18(12)7-10/h5-6,8-10H,3-4,7H2,1-2H3,(H,16,19). The van der Waals surface area contributed by atoms with E-state index in [0.29, 0.717) is 10.9 Å². The molecule has 1 aliphatic rings. The second-order valence-corrected chi connectivity index (χ2v) is 6.30. The Morgan fingerprint density at radius 3 is 3.15 bits per heavy atom. The van der Waals surface area contributed by atoms with Gasteiger partial charge in [-0.05, 0) is 12.3 Å². The van der Waals surface area contributed by atoms with Gasteiger partial charge in [-0.25, -0.2) is 9.97 Å². The number of rotatable bonds is 3. The number of thiazole rings is 1. The molecule has 0 aliphatic carbocycles. The number of hydrogen-bond donors (Lipinski definition) is 1. The molecule has 0 saturated carbocycles. The molecule has 1 aliphatic heterocycles. The van der Waals surface area contributed by atoms with E-state index < -0.39 is 0 Å². The Balaban J connectivity index is 1.64. The van der Waals surface area contributed by atoms with Crippen LogP contribution in [-0.4, -0.2) is 26.5 Å². The Kier molecular flexibility index (Phi) is 3.56. The predicted molar refractivity (Wildman–Crippen MR) is 78.0 cm³/mol. The molecule has 2 aromatic rings. The summed E-state index contributed by atoms with van der Waals surface area (Å²) >= 11 is 1.42. The fraction of sp³-hybridized carbons (Fsp3) is 0.500. The molecule has 0 bridgehead atoms. The van der Waals surface area contributed by atoms with Gasteiger partial charge in [-0.15, -0.1) is 11.3 Å². The first-order valence-corrected chi connectivity index (χ1v) is 7.77. The highest BCUT2D eigenvalue weighted by Crippen LogP contribution is 2.18. The molecule has 1 unspecified atom stereocenters. The van der Waals surface area contributed by atoms with E-state index in [1.807, 2.05) is 17.8 Å². The highest BCUT2D eigenvalue weighted by atomic mass is 32.1. The van der Waals surface area contributed by atoms with Crippen LogP contribution in [-0.2, 0) is 13.0 Å². The predicted octanol–water partition coefficient (Wildman–Crippen LogP) is 2.21. The van der Waals surface area contributed by atoms with Gasteiger partial charge in [-0.1, -0.05) is 13.8 Å². The number of nitrogens with zero attached hydrogens (tertiary/aromatic N) is 3. The minimum atomic E-state index is -0.0598. The van der Waals surface area contributed by atoms with E-state index in [-0.39, 0.29) is 11.9 Å². The normalized spacial score (nSPS) is 18.1. The van der Waals surface area contributed by atoms with Crippen LogP contribution in [0.5, 0.6) is 0 Å². The van der Waals surface area contributed by atoms with Gasteiger partial charge in [0.2, 0.25) is 0 Å². The lowest BCUT2D eigenvalue weighted by Crippen LogP contribution is -2.40. The number of carbonyl (C=O) groups is 1. The molecule has 106 valence electrons. The molecule has 0 saturated heterocycles. The smallest absolute Gasteiger partial charge is 0.280 e. The molecule has 1 atom stereocenters. The van der Waals surface area contributed by atoms with Crippen molar-refractivity contribution in [2.75, 3.05) is 0 Å². The van der Waals surface area contributed by atoms with Gasteiger partial charge in [0.25, 0.3) is 5.91 Å². The average Bonchev–Trinajstić information content (AvgIpc) is 3.07. The summed E-state index contributed by atoms with van der Waals surface area (Å²) in [7, 11) is 0. The first-order chi connectivity index (χ1) is 9.63. The first-order valence-electron chi connectivity index (χ1n) is 6.90. The molecule has 6 heteroatoms. The number of carbonyl (C=O) groups excluding carboxylic acids is 1. The highest BCUT2D eigenvalue weighted by Gasteiger charge is 2.22. The van der Waals surface area contributed by atoms with E-state index in [1.165, 1.54) is 11.3 Å². The van der Waals surface area contributed by atoms with Crippen LogP contribution < -0.4 is 5.32 Å². The van der Waals surface area contributed by atoms with Gasteiger partial charge in [0.15, 0.2) is 5.01 Å². The van der Waals surface area contributed by atoms with E-state index in [2.05, 4.69) is 33.7 Å². The number of aryl methyl sites for hydroxylation is 1. The van der Waals surface area contributed by atoms with E-state index in [1.54, 1.807) is 0 Å². The summed E-state index contributed by atoms with van der Waals surface area (Å²) in [5.41, 5.74) is 0.987. The number of imidazole rings is 1. The number of fused-ring (bicyclic) bond motifs is 1. The van der Waals surface area contributed by atoms with Gasteiger partial charge in [-0.2, -0.15) is 0 Å². The van der Waals surface area contributed by atoms with E-state index >= 15 is 0 Å². The van der Waals surface area contributed by atoms with Crippen molar-refractivity contribution >= 4 is 17.2 Å². The summed E-state index contributed by atoms with van der Waals surface area (Å²) in [6, 6.07) is 0.163. The molecule has 0 aromatic carbocycles. The Hall–Kier alpha value is -1.69. The van der Waals surface area contributed by atoms with Gasteiger partial charge < -0.3 is 9.88 Å². The molecule has 20 heavy (non-hydrogen) atoms. The summed E-state index contributed by atoms with van der Waals surface area (Å²) in [6.45, 7) is 4.96. The lowest BCUT2D eigenvalue weighted by Gasteiger charge is -2.24. The van der Waals surface area contributed by atoms with Crippen molar-refractivity contribution in [3.63, 3.8) is 0 Å². The topological polar surface area (TPSA) is 59.8 Å². The van der Waals surface area contributed by atoms with Gasteiger partial charge >= 0.3 is 0 Å². The lowest BCUT2D eigenvalue weighted by molar-refractivity contribution is 0.0927. The Bertz CT molecular complexity index is 616. The maximum atomic E-state index is 12.2. The Labute approximate surface area is 122 Å². The quantitative estimate of drug-likeness (QED) is 0.943. The summed E-state index contributed by atoms with van der Waals surface area (Å²) in [6.07, 6.45) is 5.63. The SMILES string of the molecule is CC(C)c1csc(C(=O)NC2CCc3nccn3C2)n1. The van der Waals surface area contributed by atoms with Crippen molar-refractivity contribution in [2.24, 2.45) is 0 Å². The van der Waals surface area contributed by atoms with E-state index in [9.17, 15) is 4.79 Å². The molecule has 0 fully saturated rings. The molecular weight excluding hydrogens is 272 g/mol. The molecule has 0 spiro atoms. The van der Waals surface area contributed by atoms with E-state index in [4.69, 9.17) is 0 Å². The van der Waals surface area contributed by atoms with Crippen LogP contribution in [0.25, 0.3) is 0 Å². The fourth-order valence-corrected chi connectivity index (χ4v) is 3.27. The highest BCUT2D eigenvalue weighted by molar-refractivity contribution is 7.11. The summed E-state index contributed by atoms with van der Waals surface area (Å²) in [4.78, 5) is 20.9. The van der Waals surface area contributed by atoms with Crippen LogP contribution in [0.2, 0.25) is 0 Å². The van der Waals surface area contributed by atoms with Gasteiger partial charge in [-0.3, -0.25) is 4.79 Å². The Morgan fingerprint density at radius 1 is 1.55 bits per heavy atom. The second-order valence-electron chi connectivity index (χ2n) is 5.44. The van der Waals surface area contributed by atoms with Crippen molar-refractivity contribution in [2.45, 2.75) is 45.2 Å². The lowest BCUT2D eigenvalue weighted by atomic mass is 10.1. The molecule has 0 radical (unpaired) electrons. The zero-order chi connectivity index (χ0) is 14.1. The van der Waals surface area contributed by atoms with Gasteiger partial charge in [0.05, 0.1) is 5.69 Å². The summed E-state index contributed by atoms with van der Waals surface area (Å²) in [5, 5.41) is 5.61. The molecule has 1 amide bonds. The minimum Gasteiger partial charge on any atom is -0.345 e. The number of aromatic nitrogens is 3. The maximum Gasteiger partial charge on any atom is 0.280 e. The summed E-state index contributed by atoms with van der Waals surface area (Å²) < 4.78 is 2.11. The van der Waals surface area contributed by atoms with Gasteiger partial charge in [0.1, 0.15) is 5.82 Å². The average molecular weight is 290 g/mol. The zero-order valence-electron chi connectivity index (χ0n) is 11.7. The first kappa shape index (κ1) is 13.3. The van der Waals surface area contributed by atoms with Gasteiger partial charge in [0, 0.05) is 36.8 Å². The second kappa shape index (κ2) is 5.36. The van der Waals surface area contributed by atoms with E-state index in [0.717, 1.165) is 30.9 Å². The number of amides is 1. The third-order valence-electron chi connectivity index (χ3n) is 3.58. The van der Waals surface area contributed by atoms with Crippen LogP contribution in [0.1, 0.15) is 47.5 Å². The van der Waals surface area contributed by atoms with Crippen LogP contribution in [0.4, 0.5) is 0 Å². The fourth-order valence-electron chi connectivity index (χ4n) is 2.39. The molecule has 3 heterocycles. The minimum absolute atomic E-state index is 0.0598. The monoisotopic (exact) mass is 290 g/mol. The maximum absolute atomic E-state index is 12.2. The molecule has 1 N–H and O–H groups in total. The molecule has 3 rings (SSSR count). The van der Waals surface area contributed by atoms with Crippen LogP contribution in [0.15, 0.2) is 17.8 Å². The van der Waals surface area contributed by atoms with Crippen LogP contribution >= 0.6 is 11.3 Å². The molecule has 5 nitrogen and oxygen atoms in total. The zero-order valence-corrected chi connectivity index (χ0v) is 12.5. The molecule has 2 aromatic heterocycles. The number of hydrogen-bond acceptors (Lipinski definition) is 4. The van der Waals surface area contributed by atoms with Crippen molar-refractivity contribution in [1.82, 2.24) is 19.9 Å². The number of nitrogens with one attached hydrogen (secondary N) is 1. The Morgan fingerprint density at radius 2 is 2.40 bits per heavy atom.